The Morgan fingerprint density at radius 2 is 2.21 bits per heavy atom. The maximum atomic E-state index is 13.5. The first kappa shape index (κ1) is 12.9. The van der Waals surface area contributed by atoms with E-state index < -0.39 is 5.82 Å². The van der Waals surface area contributed by atoms with Gasteiger partial charge < -0.3 is 4.74 Å². The third-order valence-corrected chi connectivity index (χ3v) is 2.58. The lowest BCUT2D eigenvalue weighted by Crippen LogP contribution is -2.23. The van der Waals surface area contributed by atoms with Crippen LogP contribution in [0.4, 0.5) is 4.39 Å². The third kappa shape index (κ3) is 2.85. The number of carbonyl (C=O) groups is 1. The van der Waals surface area contributed by atoms with Gasteiger partial charge in [0.1, 0.15) is 0 Å². The number of nitrogens with zero attached hydrogens (tertiary/aromatic N) is 2. The minimum atomic E-state index is -0.619. The van der Waals surface area contributed by atoms with Gasteiger partial charge in [0.25, 0.3) is 5.56 Å². The van der Waals surface area contributed by atoms with E-state index in [0.29, 0.717) is 0 Å². The Hall–Kier alpha value is -2.50. The van der Waals surface area contributed by atoms with Crippen molar-refractivity contribution in [2.45, 2.75) is 6.54 Å². The van der Waals surface area contributed by atoms with Crippen LogP contribution in [0, 0.1) is 5.82 Å². The van der Waals surface area contributed by atoms with Gasteiger partial charge >= 0.3 is 0 Å². The van der Waals surface area contributed by atoms with E-state index in [2.05, 4.69) is 4.98 Å². The summed E-state index contributed by atoms with van der Waals surface area (Å²) in [6.45, 7) is -0.182. The van der Waals surface area contributed by atoms with Crippen molar-refractivity contribution in [3.8, 4) is 5.75 Å². The van der Waals surface area contributed by atoms with Crippen LogP contribution in [0.2, 0.25) is 0 Å². The average Bonchev–Trinajstić information content (AvgIpc) is 2.41. The molecule has 19 heavy (non-hydrogen) atoms. The molecule has 6 heteroatoms. The SMILES string of the molecule is COc1ccc(C(=O)Cn2cnccc2=O)cc1F. The van der Waals surface area contributed by atoms with Crippen LogP contribution in [-0.4, -0.2) is 22.4 Å². The maximum Gasteiger partial charge on any atom is 0.253 e. The second kappa shape index (κ2) is 5.43. The van der Waals surface area contributed by atoms with Crippen LogP contribution in [-0.2, 0) is 6.54 Å². The predicted octanol–water partition coefficient (Wildman–Crippen LogP) is 1.27. The summed E-state index contributed by atoms with van der Waals surface area (Å²) in [6.07, 6.45) is 2.61. The Morgan fingerprint density at radius 3 is 2.84 bits per heavy atom. The lowest BCUT2D eigenvalue weighted by molar-refractivity contribution is 0.0970. The fourth-order valence-electron chi connectivity index (χ4n) is 1.58. The Bertz CT molecular complexity index is 667. The summed E-state index contributed by atoms with van der Waals surface area (Å²) >= 11 is 0. The van der Waals surface area contributed by atoms with Crippen molar-refractivity contribution in [2.75, 3.05) is 7.11 Å². The molecule has 0 fully saturated rings. The van der Waals surface area contributed by atoms with Crippen molar-refractivity contribution < 1.29 is 13.9 Å². The molecule has 0 aliphatic rings. The van der Waals surface area contributed by atoms with Gasteiger partial charge in [0.15, 0.2) is 17.3 Å². The Morgan fingerprint density at radius 1 is 1.42 bits per heavy atom. The molecule has 1 aromatic carbocycles. The number of hydrogen-bond acceptors (Lipinski definition) is 4. The normalized spacial score (nSPS) is 10.2. The number of carbonyl (C=O) groups excluding carboxylic acids is 1. The number of ether oxygens (including phenoxy) is 1. The number of methoxy groups -OCH3 is 1. The van der Waals surface area contributed by atoms with Gasteiger partial charge in [-0.15, -0.1) is 0 Å². The molecule has 2 rings (SSSR count). The van der Waals surface area contributed by atoms with Gasteiger partial charge in [-0.2, -0.15) is 0 Å². The van der Waals surface area contributed by atoms with Crippen LogP contribution in [0.15, 0.2) is 41.6 Å². The molecular formula is C13H11FN2O3. The first-order valence-corrected chi connectivity index (χ1v) is 5.49. The van der Waals surface area contributed by atoms with E-state index in [4.69, 9.17) is 4.74 Å². The highest BCUT2D eigenvalue weighted by Crippen LogP contribution is 2.18. The van der Waals surface area contributed by atoms with Crippen molar-refractivity contribution in [1.82, 2.24) is 9.55 Å². The summed E-state index contributed by atoms with van der Waals surface area (Å²) in [4.78, 5) is 27.1. The molecule has 0 atom stereocenters. The van der Waals surface area contributed by atoms with Crippen LogP contribution in [0.3, 0.4) is 0 Å². The van der Waals surface area contributed by atoms with Crippen molar-refractivity contribution in [1.29, 1.82) is 0 Å². The molecule has 0 aliphatic heterocycles. The van der Waals surface area contributed by atoms with E-state index in [1.54, 1.807) is 0 Å². The largest absolute Gasteiger partial charge is 0.494 e. The zero-order chi connectivity index (χ0) is 13.8. The highest BCUT2D eigenvalue weighted by Gasteiger charge is 2.11. The second-order valence-electron chi connectivity index (χ2n) is 3.82. The molecule has 0 saturated carbocycles. The van der Waals surface area contributed by atoms with Crippen molar-refractivity contribution in [3.63, 3.8) is 0 Å². The molecule has 0 radical (unpaired) electrons. The molecule has 0 amide bonds. The lowest BCUT2D eigenvalue weighted by atomic mass is 10.1. The number of aromatic nitrogens is 2. The monoisotopic (exact) mass is 262 g/mol. The van der Waals surface area contributed by atoms with E-state index in [1.807, 2.05) is 0 Å². The van der Waals surface area contributed by atoms with Crippen molar-refractivity contribution >= 4 is 5.78 Å². The van der Waals surface area contributed by atoms with Gasteiger partial charge in [0.05, 0.1) is 20.0 Å². The molecule has 0 aliphatic carbocycles. The fourth-order valence-corrected chi connectivity index (χ4v) is 1.58. The minimum Gasteiger partial charge on any atom is -0.494 e. The smallest absolute Gasteiger partial charge is 0.253 e. The molecule has 0 unspecified atom stereocenters. The van der Waals surface area contributed by atoms with Crippen molar-refractivity contribution in [2.24, 2.45) is 0 Å². The topological polar surface area (TPSA) is 61.2 Å². The maximum absolute atomic E-state index is 13.5. The average molecular weight is 262 g/mol. The first-order chi connectivity index (χ1) is 9.11. The number of halogens is 1. The minimum absolute atomic E-state index is 0.0649. The van der Waals surface area contributed by atoms with Gasteiger partial charge in [-0.05, 0) is 18.2 Å². The molecule has 98 valence electrons. The highest BCUT2D eigenvalue weighted by molar-refractivity contribution is 5.96. The predicted molar refractivity (Wildman–Crippen MR) is 65.8 cm³/mol. The molecule has 1 heterocycles. The van der Waals surface area contributed by atoms with E-state index in [0.717, 1.165) is 10.6 Å². The van der Waals surface area contributed by atoms with Gasteiger partial charge in [-0.1, -0.05) is 0 Å². The molecule has 0 spiro atoms. The Balaban J connectivity index is 2.23. The molecule has 1 aromatic heterocycles. The van der Waals surface area contributed by atoms with Crippen LogP contribution < -0.4 is 10.3 Å². The van der Waals surface area contributed by atoms with E-state index >= 15 is 0 Å². The van der Waals surface area contributed by atoms with Gasteiger partial charge in [-0.3, -0.25) is 14.2 Å². The van der Waals surface area contributed by atoms with Gasteiger partial charge in [0.2, 0.25) is 0 Å². The Kier molecular flexibility index (Phi) is 3.70. The fraction of sp³-hybridized carbons (Fsp3) is 0.154. The number of hydrogen-bond donors (Lipinski definition) is 0. The number of benzene rings is 1. The summed E-state index contributed by atoms with van der Waals surface area (Å²) < 4.78 is 19.4. The van der Waals surface area contributed by atoms with Gasteiger partial charge in [0, 0.05) is 17.8 Å². The quantitative estimate of drug-likeness (QED) is 0.778. The Labute approximate surface area is 108 Å². The van der Waals surface area contributed by atoms with E-state index in [1.165, 1.54) is 37.8 Å². The van der Waals surface area contributed by atoms with Gasteiger partial charge in [-0.25, -0.2) is 9.37 Å². The molecule has 2 aromatic rings. The highest BCUT2D eigenvalue weighted by atomic mass is 19.1. The summed E-state index contributed by atoms with van der Waals surface area (Å²) in [6, 6.07) is 5.16. The molecule has 0 bridgehead atoms. The molecule has 5 nitrogen and oxygen atoms in total. The number of Topliss-reactive ketones (excluding diaryl/α,β-unsaturated/α-hetero) is 1. The summed E-state index contributed by atoms with van der Waals surface area (Å²) in [7, 11) is 1.34. The summed E-state index contributed by atoms with van der Waals surface area (Å²) in [5, 5.41) is 0. The second-order valence-corrected chi connectivity index (χ2v) is 3.82. The van der Waals surface area contributed by atoms with Crippen LogP contribution in [0.1, 0.15) is 10.4 Å². The first-order valence-electron chi connectivity index (χ1n) is 5.49. The zero-order valence-corrected chi connectivity index (χ0v) is 10.2. The summed E-state index contributed by atoms with van der Waals surface area (Å²) in [5.41, 5.74) is -0.161. The van der Waals surface area contributed by atoms with E-state index in [-0.39, 0.29) is 29.2 Å². The molecular weight excluding hydrogens is 251 g/mol. The van der Waals surface area contributed by atoms with Crippen LogP contribution in [0.25, 0.3) is 0 Å². The van der Waals surface area contributed by atoms with E-state index in [9.17, 15) is 14.0 Å². The van der Waals surface area contributed by atoms with Crippen molar-refractivity contribution in [3.05, 3.63) is 58.5 Å². The molecule has 0 N–H and O–H groups in total. The standard InChI is InChI=1S/C13H11FN2O3/c1-19-12-3-2-9(6-10(12)14)11(17)7-16-8-15-5-4-13(16)18/h2-6,8H,7H2,1H3. The number of rotatable bonds is 4. The lowest BCUT2D eigenvalue weighted by Gasteiger charge is -2.06. The van der Waals surface area contributed by atoms with Crippen LogP contribution >= 0.6 is 0 Å². The van der Waals surface area contributed by atoms with Crippen LogP contribution in [0.5, 0.6) is 5.75 Å². The zero-order valence-electron chi connectivity index (χ0n) is 10.2. The molecule has 0 saturated heterocycles. The third-order valence-electron chi connectivity index (χ3n) is 2.58. The number of ketones is 1. The summed E-state index contributed by atoms with van der Waals surface area (Å²) in [5.74, 6) is -0.932.